The first-order valence-corrected chi connectivity index (χ1v) is 10.1. The second kappa shape index (κ2) is 9.19. The van der Waals surface area contributed by atoms with E-state index in [1.807, 2.05) is 38.1 Å². The minimum atomic E-state index is 0.0482. The van der Waals surface area contributed by atoms with E-state index in [-0.39, 0.29) is 12.0 Å². The molecule has 0 unspecified atom stereocenters. The first-order valence-electron chi connectivity index (χ1n) is 9.12. The molecule has 1 saturated heterocycles. The molecular weight excluding hydrogens is 348 g/mol. The summed E-state index contributed by atoms with van der Waals surface area (Å²) in [5.74, 6) is 1.17. The van der Waals surface area contributed by atoms with E-state index in [9.17, 15) is 4.79 Å². The Kier molecular flexibility index (Phi) is 6.68. The summed E-state index contributed by atoms with van der Waals surface area (Å²) in [6.07, 6.45) is 3.01. The molecule has 1 aromatic rings. The molecule has 0 bridgehead atoms. The second-order valence-corrected chi connectivity index (χ2v) is 7.93. The topological polar surface area (TPSA) is 75.1 Å². The van der Waals surface area contributed by atoms with Crippen LogP contribution < -0.4 is 10.7 Å². The number of hydrogen-bond donors (Lipinski definition) is 2. The van der Waals surface area contributed by atoms with Crippen molar-refractivity contribution in [3.8, 4) is 0 Å². The Morgan fingerprint density at radius 1 is 1.42 bits per heavy atom. The Morgan fingerprint density at radius 3 is 2.85 bits per heavy atom. The molecular formula is C19H26N4O2S. The highest BCUT2D eigenvalue weighted by Crippen LogP contribution is 2.18. The molecule has 1 fully saturated rings. The van der Waals surface area contributed by atoms with E-state index in [0.29, 0.717) is 18.9 Å². The number of hydrogen-bond acceptors (Lipinski definition) is 5. The lowest BCUT2D eigenvalue weighted by molar-refractivity contribution is -0.116. The molecule has 2 heterocycles. The normalized spacial score (nSPS) is 21.6. The minimum absolute atomic E-state index is 0.0482. The fourth-order valence-corrected chi connectivity index (χ4v) is 3.63. The van der Waals surface area contributed by atoms with Crippen LogP contribution in [0.5, 0.6) is 0 Å². The van der Waals surface area contributed by atoms with Gasteiger partial charge in [0.1, 0.15) is 0 Å². The SMILES string of the molecule is CC(C)CC(=O)Nc1ccc(C2=NNC(=NC[C@H]3CCCO3)SC2)cc1. The fraction of sp³-hybridized carbons (Fsp3) is 0.526. The summed E-state index contributed by atoms with van der Waals surface area (Å²) >= 11 is 1.65. The monoisotopic (exact) mass is 374 g/mol. The van der Waals surface area contributed by atoms with Crippen LogP contribution in [0.25, 0.3) is 0 Å². The maximum atomic E-state index is 11.8. The zero-order chi connectivity index (χ0) is 18.4. The molecule has 0 saturated carbocycles. The lowest BCUT2D eigenvalue weighted by atomic mass is 10.1. The number of carbonyl (C=O) groups excluding carboxylic acids is 1. The van der Waals surface area contributed by atoms with Gasteiger partial charge in [0.2, 0.25) is 5.91 Å². The van der Waals surface area contributed by atoms with Crippen molar-refractivity contribution in [2.24, 2.45) is 16.0 Å². The van der Waals surface area contributed by atoms with Crippen molar-refractivity contribution in [2.75, 3.05) is 24.2 Å². The molecule has 26 heavy (non-hydrogen) atoms. The molecule has 0 aromatic heterocycles. The standard InChI is InChI=1S/C19H26N4O2S/c1-13(2)10-18(24)21-15-7-5-14(6-8-15)17-12-26-19(23-22-17)20-11-16-4-3-9-25-16/h5-8,13,16H,3-4,9-12H2,1-2H3,(H,20,23)(H,21,24)/t16-/m1/s1. The lowest BCUT2D eigenvalue weighted by Crippen LogP contribution is -2.26. The number of hydrazone groups is 1. The van der Waals surface area contributed by atoms with Crippen LogP contribution in [0.1, 0.15) is 38.7 Å². The van der Waals surface area contributed by atoms with Crippen molar-refractivity contribution in [3.05, 3.63) is 29.8 Å². The first kappa shape index (κ1) is 18.9. The zero-order valence-electron chi connectivity index (χ0n) is 15.3. The van der Waals surface area contributed by atoms with Gasteiger partial charge in [-0.2, -0.15) is 5.10 Å². The molecule has 0 spiro atoms. The van der Waals surface area contributed by atoms with Gasteiger partial charge in [0.05, 0.1) is 18.4 Å². The average molecular weight is 375 g/mol. The van der Waals surface area contributed by atoms with Gasteiger partial charge in [0, 0.05) is 24.5 Å². The molecule has 7 heteroatoms. The molecule has 2 aliphatic heterocycles. The Balaban J connectivity index is 1.53. The molecule has 3 rings (SSSR count). The number of aliphatic imine (C=N–C) groups is 1. The molecule has 1 atom stereocenters. The van der Waals surface area contributed by atoms with Gasteiger partial charge in [0.15, 0.2) is 5.17 Å². The predicted octanol–water partition coefficient (Wildman–Crippen LogP) is 3.25. The summed E-state index contributed by atoms with van der Waals surface area (Å²) in [7, 11) is 0. The summed E-state index contributed by atoms with van der Waals surface area (Å²) in [6, 6.07) is 7.81. The van der Waals surface area contributed by atoms with Crippen molar-refractivity contribution in [1.82, 2.24) is 5.43 Å². The highest BCUT2D eigenvalue weighted by atomic mass is 32.2. The van der Waals surface area contributed by atoms with Crippen LogP contribution in [0.4, 0.5) is 5.69 Å². The van der Waals surface area contributed by atoms with Crippen molar-refractivity contribution in [1.29, 1.82) is 0 Å². The Labute approximate surface area is 158 Å². The smallest absolute Gasteiger partial charge is 0.224 e. The molecule has 6 nitrogen and oxygen atoms in total. The minimum Gasteiger partial charge on any atom is -0.376 e. The molecule has 0 aliphatic carbocycles. The number of amidine groups is 1. The van der Waals surface area contributed by atoms with Crippen molar-refractivity contribution < 1.29 is 9.53 Å². The highest BCUT2D eigenvalue weighted by molar-refractivity contribution is 8.14. The fourth-order valence-electron chi connectivity index (χ4n) is 2.85. The Hall–Kier alpha value is -1.86. The number of nitrogens with one attached hydrogen (secondary N) is 2. The molecule has 1 amide bonds. The number of ether oxygens (including phenoxy) is 1. The quantitative estimate of drug-likeness (QED) is 0.801. The van der Waals surface area contributed by atoms with E-state index in [1.54, 1.807) is 11.8 Å². The summed E-state index contributed by atoms with van der Waals surface area (Å²) in [4.78, 5) is 16.4. The lowest BCUT2D eigenvalue weighted by Gasteiger charge is -2.16. The van der Waals surface area contributed by atoms with Gasteiger partial charge in [0.25, 0.3) is 0 Å². The highest BCUT2D eigenvalue weighted by Gasteiger charge is 2.17. The third-order valence-corrected chi connectivity index (χ3v) is 5.10. The largest absolute Gasteiger partial charge is 0.376 e. The first-order chi connectivity index (χ1) is 12.6. The Bertz CT molecular complexity index is 679. The second-order valence-electron chi connectivity index (χ2n) is 6.96. The molecule has 2 N–H and O–H groups in total. The molecule has 1 aromatic carbocycles. The van der Waals surface area contributed by atoms with Gasteiger partial charge in [-0.1, -0.05) is 37.7 Å². The van der Waals surface area contributed by atoms with E-state index in [4.69, 9.17) is 4.74 Å². The number of anilines is 1. The van der Waals surface area contributed by atoms with Crippen LogP contribution in [0.3, 0.4) is 0 Å². The van der Waals surface area contributed by atoms with E-state index in [0.717, 1.165) is 47.3 Å². The van der Waals surface area contributed by atoms with E-state index < -0.39 is 0 Å². The van der Waals surface area contributed by atoms with Crippen molar-refractivity contribution >= 4 is 34.2 Å². The van der Waals surface area contributed by atoms with Crippen LogP contribution in [0.2, 0.25) is 0 Å². The van der Waals surface area contributed by atoms with Crippen LogP contribution in [0.15, 0.2) is 34.4 Å². The van der Waals surface area contributed by atoms with Gasteiger partial charge in [-0.25, -0.2) is 0 Å². The van der Waals surface area contributed by atoms with Crippen molar-refractivity contribution in [2.45, 2.75) is 39.2 Å². The summed E-state index contributed by atoms with van der Waals surface area (Å²) < 4.78 is 5.58. The summed E-state index contributed by atoms with van der Waals surface area (Å²) in [5.41, 5.74) is 5.87. The maximum absolute atomic E-state index is 11.8. The zero-order valence-corrected chi connectivity index (χ0v) is 16.1. The maximum Gasteiger partial charge on any atom is 0.224 e. The van der Waals surface area contributed by atoms with E-state index in [2.05, 4.69) is 20.8 Å². The van der Waals surface area contributed by atoms with E-state index in [1.165, 1.54) is 0 Å². The van der Waals surface area contributed by atoms with Crippen LogP contribution in [0, 0.1) is 5.92 Å². The molecule has 140 valence electrons. The number of carbonyl (C=O) groups is 1. The Morgan fingerprint density at radius 2 is 2.23 bits per heavy atom. The third-order valence-electron chi connectivity index (χ3n) is 4.19. The summed E-state index contributed by atoms with van der Waals surface area (Å²) in [5, 5.41) is 8.22. The van der Waals surface area contributed by atoms with E-state index >= 15 is 0 Å². The number of thioether (sulfide) groups is 1. The molecule has 2 aliphatic rings. The van der Waals surface area contributed by atoms with Gasteiger partial charge < -0.3 is 10.1 Å². The van der Waals surface area contributed by atoms with Crippen LogP contribution in [-0.4, -0.2) is 41.8 Å². The number of amides is 1. The number of rotatable bonds is 6. The van der Waals surface area contributed by atoms with Crippen LogP contribution in [-0.2, 0) is 9.53 Å². The van der Waals surface area contributed by atoms with Crippen LogP contribution >= 0.6 is 11.8 Å². The average Bonchev–Trinajstić information content (AvgIpc) is 3.14. The predicted molar refractivity (Wildman–Crippen MR) is 108 cm³/mol. The van der Waals surface area contributed by atoms with Gasteiger partial charge in [-0.15, -0.1) is 0 Å². The van der Waals surface area contributed by atoms with Crippen molar-refractivity contribution in [3.63, 3.8) is 0 Å². The van der Waals surface area contributed by atoms with Gasteiger partial charge in [-0.05, 0) is 36.5 Å². The number of benzene rings is 1. The molecule has 0 radical (unpaired) electrons. The van der Waals surface area contributed by atoms with Gasteiger partial charge in [-0.3, -0.25) is 15.2 Å². The number of nitrogens with zero attached hydrogens (tertiary/aromatic N) is 2. The summed E-state index contributed by atoms with van der Waals surface area (Å²) in [6.45, 7) is 5.62. The third kappa shape index (κ3) is 5.57. The van der Waals surface area contributed by atoms with Gasteiger partial charge >= 0.3 is 0 Å².